The lowest BCUT2D eigenvalue weighted by Crippen LogP contribution is -2.45. The molecule has 0 aromatic heterocycles. The van der Waals surface area contributed by atoms with Crippen LogP contribution in [-0.2, 0) is 4.79 Å². The van der Waals surface area contributed by atoms with E-state index >= 15 is 0 Å². The third-order valence-electron chi connectivity index (χ3n) is 3.67. The van der Waals surface area contributed by atoms with Gasteiger partial charge in [-0.25, -0.2) is 0 Å². The van der Waals surface area contributed by atoms with Crippen LogP contribution in [0.4, 0.5) is 0 Å². The molecule has 1 N–H and O–H groups in total. The molecule has 1 aromatic carbocycles. The van der Waals surface area contributed by atoms with Crippen LogP contribution in [0.15, 0.2) is 24.3 Å². The number of piperidine rings is 1. The molecule has 0 unspecified atom stereocenters. The molecule has 1 saturated heterocycles. The minimum absolute atomic E-state index is 0.0462. The average Bonchev–Trinajstić information content (AvgIpc) is 2.49. The Bertz CT molecular complexity index is 516. The van der Waals surface area contributed by atoms with E-state index in [9.17, 15) is 4.79 Å². The van der Waals surface area contributed by atoms with E-state index in [0.717, 1.165) is 32.5 Å². The number of carbonyl (C=O) groups is 1. The van der Waals surface area contributed by atoms with Gasteiger partial charge in [0, 0.05) is 32.6 Å². The Morgan fingerprint density at radius 3 is 2.81 bits per heavy atom. The molecule has 0 atom stereocenters. The fourth-order valence-corrected chi connectivity index (χ4v) is 2.56. The number of likely N-dealkylation sites (tertiary alicyclic amines) is 1. The third kappa shape index (κ3) is 4.76. The Labute approximate surface area is 125 Å². The van der Waals surface area contributed by atoms with E-state index in [2.05, 4.69) is 16.3 Å². The molecule has 0 spiro atoms. The fourth-order valence-electron chi connectivity index (χ4n) is 2.56. The number of hydrogen-bond acceptors (Lipinski definition) is 4. The van der Waals surface area contributed by atoms with Crippen LogP contribution >= 0.6 is 0 Å². The maximum Gasteiger partial charge on any atom is 0.217 e. The molecule has 1 heterocycles. The van der Waals surface area contributed by atoms with Crippen LogP contribution in [0.3, 0.4) is 0 Å². The number of hydrogen-bond donors (Lipinski definition) is 1. The van der Waals surface area contributed by atoms with Crippen molar-refractivity contribution < 1.29 is 9.53 Å². The van der Waals surface area contributed by atoms with Gasteiger partial charge in [0.1, 0.15) is 18.4 Å². The predicted molar refractivity (Wildman–Crippen MR) is 79.9 cm³/mol. The highest BCUT2D eigenvalue weighted by atomic mass is 16.5. The van der Waals surface area contributed by atoms with Crippen LogP contribution in [0, 0.1) is 11.3 Å². The summed E-state index contributed by atoms with van der Waals surface area (Å²) in [5.41, 5.74) is 0.571. The SMILES string of the molecule is CC(=O)NC1CCN(CCOc2ccccc2C#N)CC1. The van der Waals surface area contributed by atoms with Crippen LogP contribution < -0.4 is 10.1 Å². The van der Waals surface area contributed by atoms with Gasteiger partial charge in [0.25, 0.3) is 0 Å². The zero-order valence-electron chi connectivity index (χ0n) is 12.3. The molecule has 0 radical (unpaired) electrons. The first-order chi connectivity index (χ1) is 10.2. The van der Waals surface area contributed by atoms with Gasteiger partial charge in [-0.3, -0.25) is 9.69 Å². The zero-order chi connectivity index (χ0) is 15.1. The van der Waals surface area contributed by atoms with Crippen molar-refractivity contribution in [3.63, 3.8) is 0 Å². The average molecular weight is 287 g/mol. The number of nitriles is 1. The molecule has 5 nitrogen and oxygen atoms in total. The Balaban J connectivity index is 1.71. The molecule has 0 bridgehead atoms. The molecule has 5 heteroatoms. The fraction of sp³-hybridized carbons (Fsp3) is 0.500. The highest BCUT2D eigenvalue weighted by molar-refractivity contribution is 5.73. The molecule has 1 aliphatic rings. The molecule has 1 aromatic rings. The van der Waals surface area contributed by atoms with Gasteiger partial charge in [0.2, 0.25) is 5.91 Å². The Kier molecular flexibility index (Phi) is 5.59. The highest BCUT2D eigenvalue weighted by Crippen LogP contribution is 2.16. The van der Waals surface area contributed by atoms with Gasteiger partial charge in [-0.2, -0.15) is 5.26 Å². The van der Waals surface area contributed by atoms with Crippen molar-refractivity contribution in [2.45, 2.75) is 25.8 Å². The van der Waals surface area contributed by atoms with Gasteiger partial charge in [-0.05, 0) is 25.0 Å². The minimum Gasteiger partial charge on any atom is -0.491 e. The number of nitrogens with one attached hydrogen (secondary N) is 1. The summed E-state index contributed by atoms with van der Waals surface area (Å²) in [6.07, 6.45) is 1.96. The largest absolute Gasteiger partial charge is 0.491 e. The van der Waals surface area contributed by atoms with E-state index in [0.29, 0.717) is 24.0 Å². The van der Waals surface area contributed by atoms with Crippen LogP contribution in [0.25, 0.3) is 0 Å². The maximum absolute atomic E-state index is 11.0. The molecule has 2 rings (SSSR count). The summed E-state index contributed by atoms with van der Waals surface area (Å²) in [7, 11) is 0. The van der Waals surface area contributed by atoms with Gasteiger partial charge in [-0.1, -0.05) is 12.1 Å². The highest BCUT2D eigenvalue weighted by Gasteiger charge is 2.19. The second kappa shape index (κ2) is 7.65. The lowest BCUT2D eigenvalue weighted by atomic mass is 10.1. The van der Waals surface area contributed by atoms with Gasteiger partial charge in [0.05, 0.1) is 5.56 Å². The molecule has 112 valence electrons. The van der Waals surface area contributed by atoms with Crippen LogP contribution in [-0.4, -0.2) is 43.1 Å². The quantitative estimate of drug-likeness (QED) is 0.892. The van der Waals surface area contributed by atoms with E-state index in [-0.39, 0.29) is 5.91 Å². The number of para-hydroxylation sites is 1. The third-order valence-corrected chi connectivity index (χ3v) is 3.67. The van der Waals surface area contributed by atoms with Gasteiger partial charge < -0.3 is 10.1 Å². The second-order valence-electron chi connectivity index (χ2n) is 5.27. The summed E-state index contributed by atoms with van der Waals surface area (Å²) in [6.45, 7) is 4.91. The summed E-state index contributed by atoms with van der Waals surface area (Å²) in [6, 6.07) is 9.71. The molecule has 0 aliphatic carbocycles. The normalized spacial score (nSPS) is 16.2. The second-order valence-corrected chi connectivity index (χ2v) is 5.27. The smallest absolute Gasteiger partial charge is 0.217 e. The molecular weight excluding hydrogens is 266 g/mol. The van der Waals surface area contributed by atoms with Gasteiger partial charge >= 0.3 is 0 Å². The Hall–Kier alpha value is -2.06. The summed E-state index contributed by atoms with van der Waals surface area (Å²) in [4.78, 5) is 13.3. The maximum atomic E-state index is 11.0. The number of benzene rings is 1. The number of amides is 1. The number of ether oxygens (including phenoxy) is 1. The molecular formula is C16H21N3O2. The van der Waals surface area contributed by atoms with Crippen molar-refractivity contribution in [2.75, 3.05) is 26.2 Å². The topological polar surface area (TPSA) is 65.4 Å². The number of carbonyl (C=O) groups excluding carboxylic acids is 1. The lowest BCUT2D eigenvalue weighted by molar-refractivity contribution is -0.119. The zero-order valence-corrected chi connectivity index (χ0v) is 12.3. The van der Waals surface area contributed by atoms with Gasteiger partial charge in [0.15, 0.2) is 0 Å². The van der Waals surface area contributed by atoms with Crippen molar-refractivity contribution in [3.05, 3.63) is 29.8 Å². The lowest BCUT2D eigenvalue weighted by Gasteiger charge is -2.32. The van der Waals surface area contributed by atoms with E-state index in [1.165, 1.54) is 0 Å². The first-order valence-electron chi connectivity index (χ1n) is 7.30. The number of nitrogens with zero attached hydrogens (tertiary/aromatic N) is 2. The molecule has 21 heavy (non-hydrogen) atoms. The first kappa shape index (κ1) is 15.3. The standard InChI is InChI=1S/C16H21N3O2/c1-13(20)18-15-6-8-19(9-7-15)10-11-21-16-5-3-2-4-14(16)12-17/h2-5,15H,6-11H2,1H3,(H,18,20). The molecule has 1 amide bonds. The van der Waals surface area contributed by atoms with Crippen LogP contribution in [0.1, 0.15) is 25.3 Å². The van der Waals surface area contributed by atoms with E-state index in [4.69, 9.17) is 10.00 Å². The van der Waals surface area contributed by atoms with E-state index in [1.54, 1.807) is 13.0 Å². The molecule has 1 aliphatic heterocycles. The predicted octanol–water partition coefficient (Wildman–Crippen LogP) is 1.54. The first-order valence-corrected chi connectivity index (χ1v) is 7.30. The van der Waals surface area contributed by atoms with E-state index in [1.807, 2.05) is 18.2 Å². The Morgan fingerprint density at radius 2 is 2.14 bits per heavy atom. The Morgan fingerprint density at radius 1 is 1.43 bits per heavy atom. The van der Waals surface area contributed by atoms with Crippen molar-refractivity contribution in [1.29, 1.82) is 5.26 Å². The minimum atomic E-state index is 0.0462. The molecule has 1 fully saturated rings. The van der Waals surface area contributed by atoms with Crippen LogP contribution in [0.2, 0.25) is 0 Å². The monoisotopic (exact) mass is 287 g/mol. The number of rotatable bonds is 5. The van der Waals surface area contributed by atoms with Crippen molar-refractivity contribution in [2.24, 2.45) is 0 Å². The van der Waals surface area contributed by atoms with E-state index < -0.39 is 0 Å². The van der Waals surface area contributed by atoms with Gasteiger partial charge in [-0.15, -0.1) is 0 Å². The van der Waals surface area contributed by atoms with Crippen LogP contribution in [0.5, 0.6) is 5.75 Å². The molecule has 0 saturated carbocycles. The van der Waals surface area contributed by atoms with Crippen molar-refractivity contribution in [3.8, 4) is 11.8 Å². The summed E-state index contributed by atoms with van der Waals surface area (Å²) < 4.78 is 5.69. The summed E-state index contributed by atoms with van der Waals surface area (Å²) in [5.74, 6) is 0.693. The summed E-state index contributed by atoms with van der Waals surface area (Å²) in [5, 5.41) is 12.0. The summed E-state index contributed by atoms with van der Waals surface area (Å²) >= 11 is 0. The van der Waals surface area contributed by atoms with Crippen molar-refractivity contribution >= 4 is 5.91 Å². The van der Waals surface area contributed by atoms with Crippen molar-refractivity contribution in [1.82, 2.24) is 10.2 Å².